The van der Waals surface area contributed by atoms with E-state index < -0.39 is 16.0 Å². The summed E-state index contributed by atoms with van der Waals surface area (Å²) >= 11 is 0. The summed E-state index contributed by atoms with van der Waals surface area (Å²) in [5.74, 6) is -0.802. The molecule has 0 aromatic heterocycles. The van der Waals surface area contributed by atoms with E-state index in [1.54, 1.807) is 18.2 Å². The third kappa shape index (κ3) is 4.32. The summed E-state index contributed by atoms with van der Waals surface area (Å²) in [5, 5.41) is 2.57. The van der Waals surface area contributed by atoms with Crippen LogP contribution < -0.4 is 10.0 Å². The highest BCUT2D eigenvalue weighted by atomic mass is 32.2. The molecule has 2 aromatic rings. The van der Waals surface area contributed by atoms with E-state index in [0.29, 0.717) is 11.4 Å². The second kappa shape index (κ2) is 7.14. The quantitative estimate of drug-likeness (QED) is 0.807. The number of benzene rings is 2. The fourth-order valence-corrected chi connectivity index (χ4v) is 3.02. The molecular formula is C16H16N2O5S. The smallest absolute Gasteiger partial charge is 0.337 e. The molecule has 0 fully saturated rings. The van der Waals surface area contributed by atoms with Gasteiger partial charge < -0.3 is 10.1 Å². The molecule has 0 atom stereocenters. The maximum absolute atomic E-state index is 12.4. The lowest BCUT2D eigenvalue weighted by Crippen LogP contribution is -2.14. The Morgan fingerprint density at radius 2 is 1.62 bits per heavy atom. The van der Waals surface area contributed by atoms with Gasteiger partial charge in [0.1, 0.15) is 0 Å². The maximum atomic E-state index is 12.4. The van der Waals surface area contributed by atoms with Crippen LogP contribution in [0, 0.1) is 0 Å². The number of hydrogen-bond acceptors (Lipinski definition) is 5. The van der Waals surface area contributed by atoms with Crippen molar-refractivity contribution in [3.8, 4) is 0 Å². The Balaban J connectivity index is 2.22. The van der Waals surface area contributed by atoms with Gasteiger partial charge in [-0.05, 0) is 42.5 Å². The summed E-state index contributed by atoms with van der Waals surface area (Å²) in [6.45, 7) is 1.36. The van der Waals surface area contributed by atoms with Gasteiger partial charge in [-0.3, -0.25) is 9.52 Å². The molecule has 0 aliphatic heterocycles. The van der Waals surface area contributed by atoms with E-state index in [1.165, 1.54) is 44.4 Å². The molecular weight excluding hydrogens is 332 g/mol. The van der Waals surface area contributed by atoms with Crippen molar-refractivity contribution in [1.82, 2.24) is 0 Å². The van der Waals surface area contributed by atoms with Crippen molar-refractivity contribution in [2.75, 3.05) is 17.1 Å². The van der Waals surface area contributed by atoms with Gasteiger partial charge >= 0.3 is 5.97 Å². The van der Waals surface area contributed by atoms with Gasteiger partial charge in [-0.25, -0.2) is 13.2 Å². The predicted octanol–water partition coefficient (Wildman–Crippen LogP) is 2.23. The Morgan fingerprint density at radius 1 is 1.00 bits per heavy atom. The third-order valence-corrected chi connectivity index (χ3v) is 4.42. The summed E-state index contributed by atoms with van der Waals surface area (Å²) in [5.41, 5.74) is 1.03. The second-order valence-electron chi connectivity index (χ2n) is 4.88. The molecule has 24 heavy (non-hydrogen) atoms. The van der Waals surface area contributed by atoms with Gasteiger partial charge in [-0.15, -0.1) is 0 Å². The fraction of sp³-hybridized carbons (Fsp3) is 0.125. The molecule has 2 N–H and O–H groups in total. The lowest BCUT2D eigenvalue weighted by molar-refractivity contribution is -0.114. The number of hydrogen-bond donors (Lipinski definition) is 2. The van der Waals surface area contributed by atoms with Crippen molar-refractivity contribution in [1.29, 1.82) is 0 Å². The minimum Gasteiger partial charge on any atom is -0.465 e. The summed E-state index contributed by atoms with van der Waals surface area (Å²) in [6, 6.07) is 11.7. The average molecular weight is 348 g/mol. The fourth-order valence-electron chi connectivity index (χ4n) is 1.97. The van der Waals surface area contributed by atoms with Crippen LogP contribution in [0.2, 0.25) is 0 Å². The highest BCUT2D eigenvalue weighted by Gasteiger charge is 2.15. The van der Waals surface area contributed by atoms with Gasteiger partial charge in [0, 0.05) is 12.6 Å². The van der Waals surface area contributed by atoms with Crippen molar-refractivity contribution >= 4 is 33.3 Å². The Labute approximate surface area is 139 Å². The zero-order valence-electron chi connectivity index (χ0n) is 13.1. The first-order valence-corrected chi connectivity index (χ1v) is 8.39. The molecule has 0 aliphatic rings. The first-order chi connectivity index (χ1) is 11.3. The van der Waals surface area contributed by atoms with Gasteiger partial charge in [0.05, 0.1) is 23.3 Å². The molecule has 0 unspecified atom stereocenters. The van der Waals surface area contributed by atoms with Crippen LogP contribution in [0.1, 0.15) is 17.3 Å². The number of sulfonamides is 1. The molecule has 0 spiro atoms. The topological polar surface area (TPSA) is 102 Å². The second-order valence-corrected chi connectivity index (χ2v) is 6.57. The van der Waals surface area contributed by atoms with Crippen LogP contribution in [0.15, 0.2) is 53.4 Å². The third-order valence-electron chi connectivity index (χ3n) is 3.02. The van der Waals surface area contributed by atoms with Crippen LogP contribution in [0.4, 0.5) is 11.4 Å². The summed E-state index contributed by atoms with van der Waals surface area (Å²) in [7, 11) is -2.58. The number of carbonyl (C=O) groups excluding carboxylic acids is 2. The SMILES string of the molecule is COC(=O)c1ccc(S(=O)(=O)Nc2cccc(NC(C)=O)c2)cc1. The van der Waals surface area contributed by atoms with E-state index in [1.807, 2.05) is 0 Å². The highest BCUT2D eigenvalue weighted by Crippen LogP contribution is 2.20. The van der Waals surface area contributed by atoms with Crippen molar-refractivity contribution in [2.24, 2.45) is 0 Å². The first kappa shape index (κ1) is 17.5. The van der Waals surface area contributed by atoms with Crippen LogP contribution >= 0.6 is 0 Å². The lowest BCUT2D eigenvalue weighted by Gasteiger charge is -2.10. The molecule has 1 amide bonds. The van der Waals surface area contributed by atoms with Crippen LogP contribution in [-0.4, -0.2) is 27.4 Å². The number of amides is 1. The minimum absolute atomic E-state index is 0.0000771. The molecule has 8 heteroatoms. The molecule has 2 rings (SSSR count). The van der Waals surface area contributed by atoms with Gasteiger partial charge in [0.15, 0.2) is 0 Å². The highest BCUT2D eigenvalue weighted by molar-refractivity contribution is 7.92. The Kier molecular flexibility index (Phi) is 5.20. The van der Waals surface area contributed by atoms with Crippen LogP contribution in [0.3, 0.4) is 0 Å². The Morgan fingerprint density at radius 3 is 2.21 bits per heavy atom. The monoisotopic (exact) mass is 348 g/mol. The number of methoxy groups -OCH3 is 1. The minimum atomic E-state index is -3.82. The van der Waals surface area contributed by atoms with E-state index in [0.717, 1.165) is 0 Å². The zero-order chi connectivity index (χ0) is 17.7. The standard InChI is InChI=1S/C16H16N2O5S/c1-11(19)17-13-4-3-5-14(10-13)18-24(21,22)15-8-6-12(7-9-15)16(20)23-2/h3-10,18H,1-2H3,(H,17,19). The van der Waals surface area contributed by atoms with Crippen molar-refractivity contribution in [2.45, 2.75) is 11.8 Å². The van der Waals surface area contributed by atoms with Crippen molar-refractivity contribution < 1.29 is 22.7 Å². The van der Waals surface area contributed by atoms with E-state index in [4.69, 9.17) is 0 Å². The summed E-state index contributed by atoms with van der Waals surface area (Å²) in [6.07, 6.45) is 0. The molecule has 0 saturated heterocycles. The summed E-state index contributed by atoms with van der Waals surface area (Å²) < 4.78 is 31.7. The van der Waals surface area contributed by atoms with Crippen molar-refractivity contribution in [3.63, 3.8) is 0 Å². The molecule has 0 saturated carbocycles. The number of ether oxygens (including phenoxy) is 1. The average Bonchev–Trinajstić information content (AvgIpc) is 2.53. The zero-order valence-corrected chi connectivity index (χ0v) is 13.9. The van der Waals surface area contributed by atoms with E-state index in [2.05, 4.69) is 14.8 Å². The normalized spacial score (nSPS) is 10.8. The Hall–Kier alpha value is -2.87. The molecule has 0 aliphatic carbocycles. The Bertz CT molecular complexity index is 860. The van der Waals surface area contributed by atoms with Gasteiger partial charge in [0.2, 0.25) is 5.91 Å². The molecule has 0 radical (unpaired) electrons. The van der Waals surface area contributed by atoms with Crippen LogP contribution in [0.25, 0.3) is 0 Å². The molecule has 0 bridgehead atoms. The van der Waals surface area contributed by atoms with E-state index in [-0.39, 0.29) is 16.4 Å². The number of esters is 1. The van der Waals surface area contributed by atoms with E-state index in [9.17, 15) is 18.0 Å². The van der Waals surface area contributed by atoms with Crippen LogP contribution in [0.5, 0.6) is 0 Å². The number of nitrogens with one attached hydrogen (secondary N) is 2. The molecule has 2 aromatic carbocycles. The number of carbonyl (C=O) groups is 2. The molecule has 0 heterocycles. The lowest BCUT2D eigenvalue weighted by atomic mass is 10.2. The number of anilines is 2. The van der Waals surface area contributed by atoms with Gasteiger partial charge in [-0.1, -0.05) is 6.07 Å². The number of rotatable bonds is 5. The first-order valence-electron chi connectivity index (χ1n) is 6.90. The van der Waals surface area contributed by atoms with Gasteiger partial charge in [-0.2, -0.15) is 0 Å². The van der Waals surface area contributed by atoms with Crippen molar-refractivity contribution in [3.05, 3.63) is 54.1 Å². The summed E-state index contributed by atoms with van der Waals surface area (Å²) in [4.78, 5) is 22.4. The van der Waals surface area contributed by atoms with E-state index >= 15 is 0 Å². The van der Waals surface area contributed by atoms with Gasteiger partial charge in [0.25, 0.3) is 10.0 Å². The largest absolute Gasteiger partial charge is 0.465 e. The molecule has 7 nitrogen and oxygen atoms in total. The predicted molar refractivity (Wildman–Crippen MR) is 89.3 cm³/mol. The molecule has 126 valence electrons. The maximum Gasteiger partial charge on any atom is 0.337 e. The van der Waals surface area contributed by atoms with Crippen LogP contribution in [-0.2, 0) is 19.6 Å².